The first-order chi connectivity index (χ1) is 29.1. The molecule has 8 aromatic carbocycles. The third-order valence-electron chi connectivity index (χ3n) is 11.2. The molecular weight excluding hydrogens is 719 g/mol. The Hall–Kier alpha value is -8.13. The van der Waals surface area contributed by atoms with Gasteiger partial charge in [-0.25, -0.2) is 0 Å². The van der Waals surface area contributed by atoms with Crippen LogP contribution in [0.3, 0.4) is 0 Å². The third-order valence-corrected chi connectivity index (χ3v) is 11.2. The van der Waals surface area contributed by atoms with E-state index in [2.05, 4.69) is 186 Å². The molecule has 10 rings (SSSR count). The van der Waals surface area contributed by atoms with E-state index in [1.54, 1.807) is 6.08 Å². The third kappa shape index (κ3) is 6.19. The second-order valence-electron chi connectivity index (χ2n) is 14.6. The fourth-order valence-corrected chi connectivity index (χ4v) is 8.34. The van der Waals surface area contributed by atoms with E-state index < -0.39 is 0 Å². The van der Waals surface area contributed by atoms with Crippen LogP contribution in [0, 0.1) is 11.3 Å². The monoisotopic (exact) mass is 755 g/mol. The zero-order valence-corrected chi connectivity index (χ0v) is 32.2. The second kappa shape index (κ2) is 14.7. The van der Waals surface area contributed by atoms with E-state index in [4.69, 9.17) is 4.42 Å². The fraction of sp³-hybridized carbons (Fsp3) is 0. The zero-order chi connectivity index (χ0) is 39.9. The van der Waals surface area contributed by atoms with Crippen molar-refractivity contribution >= 4 is 62.0 Å². The molecule has 0 aliphatic carbocycles. The summed E-state index contributed by atoms with van der Waals surface area (Å²) in [6, 6.07) is 68.2. The van der Waals surface area contributed by atoms with Crippen molar-refractivity contribution in [3.8, 4) is 45.1 Å². The van der Waals surface area contributed by atoms with Crippen LogP contribution in [0.2, 0.25) is 0 Å². The summed E-state index contributed by atoms with van der Waals surface area (Å²) >= 11 is 0. The van der Waals surface area contributed by atoms with Gasteiger partial charge >= 0.3 is 0 Å². The molecule has 0 saturated carbocycles. The van der Waals surface area contributed by atoms with E-state index in [1.807, 2.05) is 36.4 Å². The van der Waals surface area contributed by atoms with Crippen molar-refractivity contribution in [3.05, 3.63) is 218 Å². The number of hydrogen-bond donors (Lipinski definition) is 0. The molecule has 2 aromatic heterocycles. The minimum Gasteiger partial charge on any atom is -0.455 e. The van der Waals surface area contributed by atoms with Crippen molar-refractivity contribution in [3.63, 3.8) is 0 Å². The Morgan fingerprint density at radius 2 is 1.05 bits per heavy atom. The van der Waals surface area contributed by atoms with Gasteiger partial charge in [0.15, 0.2) is 0 Å². The predicted molar refractivity (Wildman–Crippen MR) is 246 cm³/mol. The summed E-state index contributed by atoms with van der Waals surface area (Å²) in [4.78, 5) is 2.30. The molecule has 0 fully saturated rings. The molecule has 59 heavy (non-hydrogen) atoms. The summed E-state index contributed by atoms with van der Waals surface area (Å²) < 4.78 is 8.57. The summed E-state index contributed by atoms with van der Waals surface area (Å²) in [7, 11) is 0. The highest BCUT2D eigenvalue weighted by Crippen LogP contribution is 2.41. The van der Waals surface area contributed by atoms with Crippen molar-refractivity contribution in [1.29, 1.82) is 5.26 Å². The van der Waals surface area contributed by atoms with Gasteiger partial charge in [0, 0.05) is 50.0 Å². The number of hydrogen-bond acceptors (Lipinski definition) is 3. The topological polar surface area (TPSA) is 45.1 Å². The van der Waals surface area contributed by atoms with Crippen LogP contribution < -0.4 is 4.90 Å². The van der Waals surface area contributed by atoms with E-state index in [-0.39, 0.29) is 0 Å². The molecule has 0 aliphatic rings. The lowest BCUT2D eigenvalue weighted by molar-refractivity contribution is 0.604. The summed E-state index contributed by atoms with van der Waals surface area (Å²) in [5.74, 6) is 0.724. The first-order valence-corrected chi connectivity index (χ1v) is 19.6. The van der Waals surface area contributed by atoms with Gasteiger partial charge in [-0.2, -0.15) is 5.26 Å². The first kappa shape index (κ1) is 35.3. The Bertz CT molecular complexity index is 3220. The number of aromatic nitrogens is 1. The van der Waals surface area contributed by atoms with Crippen molar-refractivity contribution in [1.82, 2.24) is 4.57 Å². The Balaban J connectivity index is 1.03. The van der Waals surface area contributed by atoms with Crippen LogP contribution >= 0.6 is 0 Å². The molecule has 0 spiro atoms. The van der Waals surface area contributed by atoms with Crippen molar-refractivity contribution in [2.45, 2.75) is 0 Å². The normalized spacial score (nSPS) is 11.2. The number of para-hydroxylation sites is 2. The first-order valence-electron chi connectivity index (χ1n) is 19.6. The van der Waals surface area contributed by atoms with Crippen LogP contribution in [0.5, 0.6) is 0 Å². The average molecular weight is 756 g/mol. The quantitative estimate of drug-likeness (QED) is 0.147. The summed E-state index contributed by atoms with van der Waals surface area (Å²) in [6.45, 7) is 7.97. The van der Waals surface area contributed by atoms with Crippen LogP contribution in [0.4, 0.5) is 17.1 Å². The Labute approximate surface area is 343 Å². The number of nitrogens with zero attached hydrogens (tertiary/aromatic N) is 3. The van der Waals surface area contributed by atoms with E-state index in [0.29, 0.717) is 5.56 Å². The van der Waals surface area contributed by atoms with Crippen LogP contribution in [0.15, 0.2) is 206 Å². The molecular formula is C55H37N3O. The van der Waals surface area contributed by atoms with Gasteiger partial charge in [0.1, 0.15) is 11.3 Å². The zero-order valence-electron chi connectivity index (χ0n) is 32.2. The lowest BCUT2D eigenvalue weighted by Gasteiger charge is -2.26. The van der Waals surface area contributed by atoms with Gasteiger partial charge in [-0.05, 0) is 113 Å². The van der Waals surface area contributed by atoms with Gasteiger partial charge in [0.2, 0.25) is 0 Å². The van der Waals surface area contributed by atoms with Gasteiger partial charge in [-0.15, -0.1) is 0 Å². The van der Waals surface area contributed by atoms with Gasteiger partial charge in [-0.1, -0.05) is 128 Å². The molecule has 0 saturated heterocycles. The number of anilines is 3. The molecule has 0 radical (unpaired) electrons. The second-order valence-corrected chi connectivity index (χ2v) is 14.6. The average Bonchev–Trinajstić information content (AvgIpc) is 3.85. The molecule has 0 aliphatic heterocycles. The molecule has 278 valence electrons. The van der Waals surface area contributed by atoms with E-state index in [9.17, 15) is 5.26 Å². The minimum atomic E-state index is 0.646. The molecule has 4 nitrogen and oxygen atoms in total. The standard InChI is InChI=1S/C55H37N3O/c1-3-47-50-15-10-14-48(55(50)59-54(47)4-2)41-23-32-45(33-24-41)57(43-28-19-39(20-29-43)38-11-6-5-7-12-38)44-30-21-40(22-31-44)42-25-34-53-51(35-42)49-13-8-9-16-52(49)58(53)46-26-17-37(36-56)18-27-46/h3-35H,1-2H2. The summed E-state index contributed by atoms with van der Waals surface area (Å²) in [6.07, 6.45) is 3.57. The largest absolute Gasteiger partial charge is 0.455 e. The molecule has 10 aromatic rings. The van der Waals surface area contributed by atoms with E-state index >= 15 is 0 Å². The maximum Gasteiger partial charge on any atom is 0.143 e. The van der Waals surface area contributed by atoms with Gasteiger partial charge < -0.3 is 13.9 Å². The lowest BCUT2D eigenvalue weighted by Crippen LogP contribution is -2.09. The molecule has 0 unspecified atom stereocenters. The van der Waals surface area contributed by atoms with Crippen molar-refractivity contribution in [2.24, 2.45) is 0 Å². The number of benzene rings is 8. The highest BCUT2D eigenvalue weighted by Gasteiger charge is 2.18. The predicted octanol–water partition coefficient (Wildman–Crippen LogP) is 15.2. The Morgan fingerprint density at radius 1 is 0.492 bits per heavy atom. The van der Waals surface area contributed by atoms with Crippen LogP contribution in [-0.2, 0) is 0 Å². The number of nitriles is 1. The number of rotatable bonds is 9. The fourth-order valence-electron chi connectivity index (χ4n) is 8.34. The Morgan fingerprint density at radius 3 is 1.69 bits per heavy atom. The number of fused-ring (bicyclic) bond motifs is 4. The molecule has 0 atom stereocenters. The van der Waals surface area contributed by atoms with Gasteiger partial charge in [0.25, 0.3) is 0 Å². The molecule has 0 amide bonds. The molecule has 0 N–H and O–H groups in total. The van der Waals surface area contributed by atoms with Gasteiger partial charge in [0.05, 0.1) is 22.7 Å². The Kier molecular flexibility index (Phi) is 8.82. The maximum atomic E-state index is 9.39. The van der Waals surface area contributed by atoms with E-state index in [1.165, 1.54) is 21.9 Å². The van der Waals surface area contributed by atoms with E-state index in [0.717, 1.165) is 78.3 Å². The lowest BCUT2D eigenvalue weighted by atomic mass is 10.0. The van der Waals surface area contributed by atoms with Crippen LogP contribution in [0.25, 0.3) is 84.0 Å². The van der Waals surface area contributed by atoms with Crippen molar-refractivity contribution in [2.75, 3.05) is 4.90 Å². The van der Waals surface area contributed by atoms with Crippen LogP contribution in [-0.4, -0.2) is 4.57 Å². The SMILES string of the molecule is C=Cc1oc2c(-c3ccc(N(c4ccc(-c5ccccc5)cc4)c4ccc(-c5ccc6c(c5)c5ccccc5n6-c5ccc(C#N)cc5)cc4)cc3)cccc2c1C=C. The smallest absolute Gasteiger partial charge is 0.143 e. The molecule has 4 heteroatoms. The highest BCUT2D eigenvalue weighted by molar-refractivity contribution is 6.10. The molecule has 2 heterocycles. The van der Waals surface area contributed by atoms with Crippen molar-refractivity contribution < 1.29 is 4.42 Å². The summed E-state index contributed by atoms with van der Waals surface area (Å²) in [5, 5.41) is 12.8. The minimum absolute atomic E-state index is 0.646. The van der Waals surface area contributed by atoms with Crippen LogP contribution in [0.1, 0.15) is 16.9 Å². The van der Waals surface area contributed by atoms with Gasteiger partial charge in [-0.3, -0.25) is 0 Å². The highest BCUT2D eigenvalue weighted by atomic mass is 16.3. The molecule has 0 bridgehead atoms. The maximum absolute atomic E-state index is 9.39. The number of furan rings is 1. The summed E-state index contributed by atoms with van der Waals surface area (Å²) in [5.41, 5.74) is 15.5.